The van der Waals surface area contributed by atoms with E-state index in [0.717, 1.165) is 12.2 Å². The van der Waals surface area contributed by atoms with Gasteiger partial charge in [-0.3, -0.25) is 4.72 Å². The first-order chi connectivity index (χ1) is 12.4. The predicted molar refractivity (Wildman–Crippen MR) is 102 cm³/mol. The number of hydrogen-bond donors (Lipinski definition) is 1. The zero-order valence-electron chi connectivity index (χ0n) is 14.4. The van der Waals surface area contributed by atoms with E-state index >= 15 is 0 Å². The smallest absolute Gasteiger partial charge is 0.298 e. The van der Waals surface area contributed by atoms with Crippen LogP contribution in [-0.4, -0.2) is 17.8 Å². The zero-order chi connectivity index (χ0) is 18.6. The molecule has 0 spiro atoms. The molecule has 0 aliphatic heterocycles. The molecule has 0 aliphatic carbocycles. The Labute approximate surface area is 157 Å². The van der Waals surface area contributed by atoms with Crippen molar-refractivity contribution in [3.63, 3.8) is 0 Å². The first kappa shape index (κ1) is 18.3. The van der Waals surface area contributed by atoms with Crippen LogP contribution in [0.5, 0.6) is 10.9 Å². The summed E-state index contributed by atoms with van der Waals surface area (Å²) in [6.45, 7) is 4.20. The molecule has 0 saturated heterocycles. The predicted octanol–water partition coefficient (Wildman–Crippen LogP) is 4.33. The van der Waals surface area contributed by atoms with Gasteiger partial charge >= 0.3 is 0 Å². The minimum Gasteiger partial charge on any atom is -0.430 e. The fourth-order valence-corrected chi connectivity index (χ4v) is 3.91. The molecule has 26 heavy (non-hydrogen) atoms. The van der Waals surface area contributed by atoms with Crippen molar-refractivity contribution in [1.29, 1.82) is 0 Å². The summed E-state index contributed by atoms with van der Waals surface area (Å²) in [4.78, 5) is 4.55. The molecule has 0 radical (unpaired) electrons. The summed E-state index contributed by atoms with van der Waals surface area (Å²) in [7, 11) is -3.64. The standard InChI is InChI=1S/C18H19N3O3S2/c1-13(2)11-17-19-18(25-20-17)24-15-8-6-7-14(12-15)21-26(22,23)16-9-4-3-5-10-16/h3-10,12-13,21H,11H2,1-2H3. The maximum Gasteiger partial charge on any atom is 0.298 e. The lowest BCUT2D eigenvalue weighted by molar-refractivity contribution is 0.475. The highest BCUT2D eigenvalue weighted by Crippen LogP contribution is 2.27. The first-order valence-corrected chi connectivity index (χ1v) is 10.4. The average Bonchev–Trinajstić information content (AvgIpc) is 3.01. The summed E-state index contributed by atoms with van der Waals surface area (Å²) in [6.07, 6.45) is 0.788. The molecule has 0 saturated carbocycles. The Bertz CT molecular complexity index is 970. The Balaban J connectivity index is 1.73. The van der Waals surface area contributed by atoms with Crippen LogP contribution in [-0.2, 0) is 16.4 Å². The van der Waals surface area contributed by atoms with Crippen LogP contribution in [0.4, 0.5) is 5.69 Å². The number of ether oxygens (including phenoxy) is 1. The average molecular weight is 390 g/mol. The second-order valence-electron chi connectivity index (χ2n) is 6.12. The van der Waals surface area contributed by atoms with Crippen molar-refractivity contribution in [3.8, 4) is 10.9 Å². The number of aromatic nitrogens is 2. The van der Waals surface area contributed by atoms with Gasteiger partial charge in [0, 0.05) is 24.0 Å². The Morgan fingerprint density at radius 3 is 2.62 bits per heavy atom. The molecule has 0 unspecified atom stereocenters. The molecule has 8 heteroatoms. The van der Waals surface area contributed by atoms with Crippen LogP contribution in [0, 0.1) is 5.92 Å². The Kier molecular flexibility index (Phi) is 5.53. The summed E-state index contributed by atoms with van der Waals surface area (Å²) in [5, 5.41) is 0.434. The molecular weight excluding hydrogens is 370 g/mol. The van der Waals surface area contributed by atoms with Crippen molar-refractivity contribution in [2.24, 2.45) is 5.92 Å². The summed E-state index contributed by atoms with van der Waals surface area (Å²) >= 11 is 1.18. The highest BCUT2D eigenvalue weighted by atomic mass is 32.2. The Morgan fingerprint density at radius 1 is 1.12 bits per heavy atom. The minimum atomic E-state index is -3.64. The van der Waals surface area contributed by atoms with Crippen molar-refractivity contribution in [2.45, 2.75) is 25.2 Å². The minimum absolute atomic E-state index is 0.203. The zero-order valence-corrected chi connectivity index (χ0v) is 16.0. The monoisotopic (exact) mass is 389 g/mol. The third-order valence-electron chi connectivity index (χ3n) is 3.39. The number of anilines is 1. The largest absolute Gasteiger partial charge is 0.430 e. The van der Waals surface area contributed by atoms with E-state index in [-0.39, 0.29) is 4.90 Å². The van der Waals surface area contributed by atoms with Crippen LogP contribution in [0.15, 0.2) is 59.5 Å². The van der Waals surface area contributed by atoms with Gasteiger partial charge in [-0.05, 0) is 30.2 Å². The van der Waals surface area contributed by atoms with Gasteiger partial charge in [0.1, 0.15) is 11.6 Å². The van der Waals surface area contributed by atoms with E-state index in [1.54, 1.807) is 54.6 Å². The van der Waals surface area contributed by atoms with Gasteiger partial charge < -0.3 is 4.74 Å². The van der Waals surface area contributed by atoms with E-state index in [0.29, 0.717) is 22.5 Å². The van der Waals surface area contributed by atoms with Crippen LogP contribution in [0.1, 0.15) is 19.7 Å². The van der Waals surface area contributed by atoms with Crippen LogP contribution in [0.3, 0.4) is 0 Å². The van der Waals surface area contributed by atoms with E-state index in [4.69, 9.17) is 4.74 Å². The van der Waals surface area contributed by atoms with Crippen LogP contribution < -0.4 is 9.46 Å². The van der Waals surface area contributed by atoms with Crippen LogP contribution >= 0.6 is 11.5 Å². The van der Waals surface area contributed by atoms with Crippen molar-refractivity contribution in [2.75, 3.05) is 4.72 Å². The molecule has 136 valence electrons. The van der Waals surface area contributed by atoms with Gasteiger partial charge in [0.15, 0.2) is 0 Å². The fourth-order valence-electron chi connectivity index (χ4n) is 2.27. The lowest BCUT2D eigenvalue weighted by atomic mass is 10.1. The van der Waals surface area contributed by atoms with E-state index in [2.05, 4.69) is 27.9 Å². The van der Waals surface area contributed by atoms with Crippen molar-refractivity contribution in [3.05, 3.63) is 60.4 Å². The van der Waals surface area contributed by atoms with Gasteiger partial charge in [-0.1, -0.05) is 38.1 Å². The molecule has 0 amide bonds. The van der Waals surface area contributed by atoms with Crippen molar-refractivity contribution in [1.82, 2.24) is 9.36 Å². The molecule has 0 fully saturated rings. The lowest BCUT2D eigenvalue weighted by Gasteiger charge is -2.09. The molecule has 3 aromatic rings. The third kappa shape index (κ3) is 4.80. The van der Waals surface area contributed by atoms with Gasteiger partial charge in [0.05, 0.1) is 10.6 Å². The molecule has 1 heterocycles. The van der Waals surface area contributed by atoms with E-state index in [1.165, 1.54) is 11.5 Å². The van der Waals surface area contributed by atoms with Crippen molar-refractivity contribution < 1.29 is 13.2 Å². The number of sulfonamides is 1. The summed E-state index contributed by atoms with van der Waals surface area (Å²) in [5.74, 6) is 1.71. The maximum atomic E-state index is 12.4. The van der Waals surface area contributed by atoms with E-state index < -0.39 is 10.0 Å². The van der Waals surface area contributed by atoms with Gasteiger partial charge in [-0.25, -0.2) is 8.42 Å². The Hall–Kier alpha value is -2.45. The molecule has 1 aromatic heterocycles. The summed E-state index contributed by atoms with van der Waals surface area (Å²) in [6, 6.07) is 14.9. The highest BCUT2D eigenvalue weighted by Gasteiger charge is 2.14. The van der Waals surface area contributed by atoms with Crippen LogP contribution in [0.25, 0.3) is 0 Å². The fraction of sp³-hybridized carbons (Fsp3) is 0.222. The Morgan fingerprint density at radius 2 is 1.88 bits per heavy atom. The molecule has 6 nitrogen and oxygen atoms in total. The molecule has 2 aromatic carbocycles. The quantitative estimate of drug-likeness (QED) is 0.650. The van der Waals surface area contributed by atoms with E-state index in [1.807, 2.05) is 0 Å². The molecule has 3 rings (SSSR count). The number of nitrogens with one attached hydrogen (secondary N) is 1. The summed E-state index contributed by atoms with van der Waals surface area (Å²) in [5.41, 5.74) is 0.415. The molecule has 0 atom stereocenters. The number of rotatable bonds is 7. The SMILES string of the molecule is CC(C)Cc1nsc(Oc2cccc(NS(=O)(=O)c3ccccc3)c2)n1. The molecule has 1 N–H and O–H groups in total. The topological polar surface area (TPSA) is 81.2 Å². The third-order valence-corrected chi connectivity index (χ3v) is 5.42. The van der Waals surface area contributed by atoms with Gasteiger partial charge in [0.2, 0.25) is 0 Å². The normalized spacial score (nSPS) is 11.5. The van der Waals surface area contributed by atoms with Crippen molar-refractivity contribution >= 4 is 27.2 Å². The van der Waals surface area contributed by atoms with Crippen LogP contribution in [0.2, 0.25) is 0 Å². The van der Waals surface area contributed by atoms with Gasteiger partial charge in [0.25, 0.3) is 15.2 Å². The van der Waals surface area contributed by atoms with E-state index in [9.17, 15) is 8.42 Å². The molecular formula is C18H19N3O3S2. The van der Waals surface area contributed by atoms with Gasteiger partial charge in [-0.15, -0.1) is 0 Å². The maximum absolute atomic E-state index is 12.4. The lowest BCUT2D eigenvalue weighted by Crippen LogP contribution is -2.12. The number of nitrogens with zero attached hydrogens (tertiary/aromatic N) is 2. The highest BCUT2D eigenvalue weighted by molar-refractivity contribution is 7.92. The summed E-state index contributed by atoms with van der Waals surface area (Å²) < 4.78 is 37.3. The molecule has 0 bridgehead atoms. The second-order valence-corrected chi connectivity index (χ2v) is 8.52. The first-order valence-electron chi connectivity index (χ1n) is 8.11. The second kappa shape index (κ2) is 7.84. The molecule has 0 aliphatic rings. The number of benzene rings is 2. The van der Waals surface area contributed by atoms with Gasteiger partial charge in [-0.2, -0.15) is 9.36 Å². The number of hydrogen-bond acceptors (Lipinski definition) is 6.